The van der Waals surface area contributed by atoms with Crippen molar-refractivity contribution in [1.29, 1.82) is 5.26 Å². The summed E-state index contributed by atoms with van der Waals surface area (Å²) >= 11 is 0. The van der Waals surface area contributed by atoms with Crippen LogP contribution in [0.15, 0.2) is 48.5 Å². The molecule has 0 spiro atoms. The zero-order chi connectivity index (χ0) is 25.1. The molecule has 1 saturated heterocycles. The Balaban J connectivity index is 1.42. The van der Waals surface area contributed by atoms with E-state index < -0.39 is 5.82 Å². The summed E-state index contributed by atoms with van der Waals surface area (Å²) in [5, 5.41) is 17.5. The summed E-state index contributed by atoms with van der Waals surface area (Å²) in [6.07, 6.45) is 5.72. The monoisotopic (exact) mass is 488 g/mol. The lowest BCUT2D eigenvalue weighted by Crippen LogP contribution is -2.31. The van der Waals surface area contributed by atoms with Crippen molar-refractivity contribution in [2.24, 2.45) is 11.7 Å². The fourth-order valence-corrected chi connectivity index (χ4v) is 5.36. The van der Waals surface area contributed by atoms with Crippen molar-refractivity contribution in [3.8, 4) is 23.0 Å². The molecule has 188 valence electrons. The Bertz CT molecular complexity index is 1230. The molecule has 2 aromatic carbocycles. The van der Waals surface area contributed by atoms with Gasteiger partial charge in [-0.25, -0.2) is 9.07 Å². The summed E-state index contributed by atoms with van der Waals surface area (Å²) in [5.41, 5.74) is 9.65. The topological polar surface area (TPSA) is 92.1 Å². The summed E-state index contributed by atoms with van der Waals surface area (Å²) in [7, 11) is 1.76. The molecule has 1 aliphatic carbocycles. The zero-order valence-corrected chi connectivity index (χ0v) is 20.7. The summed E-state index contributed by atoms with van der Waals surface area (Å²) in [5.74, 6) is 0.719. The van der Waals surface area contributed by atoms with Gasteiger partial charge in [0.15, 0.2) is 0 Å². The second-order valence-corrected chi connectivity index (χ2v) is 9.92. The number of benzene rings is 2. The largest absolute Gasteiger partial charge is 0.380 e. The highest BCUT2D eigenvalue weighted by Gasteiger charge is 2.23. The van der Waals surface area contributed by atoms with Gasteiger partial charge in [-0.15, -0.1) is 5.10 Å². The number of nitriles is 1. The van der Waals surface area contributed by atoms with Crippen LogP contribution in [0.25, 0.3) is 16.9 Å². The molecule has 3 N–H and O–H groups in total. The minimum absolute atomic E-state index is 0.0288. The van der Waals surface area contributed by atoms with E-state index in [0.29, 0.717) is 11.5 Å². The number of nitrogens with one attached hydrogen (secondary N) is 1. The van der Waals surface area contributed by atoms with Crippen LogP contribution < -0.4 is 16.0 Å². The van der Waals surface area contributed by atoms with Crippen molar-refractivity contribution < 1.29 is 9.13 Å². The van der Waals surface area contributed by atoms with Gasteiger partial charge in [0.25, 0.3) is 0 Å². The third-order valence-corrected chi connectivity index (χ3v) is 7.43. The van der Waals surface area contributed by atoms with Gasteiger partial charge in [-0.2, -0.15) is 5.26 Å². The number of methoxy groups -OCH3 is 1. The SMILES string of the molecule is CO[C@H]1CCN(c2ccc(-n3nc(NC[C@H]4CCC[C@H](N)C4)cc3-c3ccc(C#N)c(F)c3)cc2)C1. The molecule has 36 heavy (non-hydrogen) atoms. The average molecular weight is 489 g/mol. The minimum atomic E-state index is -0.537. The molecule has 1 saturated carbocycles. The number of aromatic nitrogens is 2. The summed E-state index contributed by atoms with van der Waals surface area (Å²) < 4.78 is 21.8. The highest BCUT2D eigenvalue weighted by molar-refractivity contribution is 5.67. The maximum atomic E-state index is 14.5. The molecular weight excluding hydrogens is 455 g/mol. The van der Waals surface area contributed by atoms with Gasteiger partial charge in [0.05, 0.1) is 23.0 Å². The molecule has 2 aliphatic rings. The fraction of sp³-hybridized carbons (Fsp3) is 0.429. The van der Waals surface area contributed by atoms with Crippen molar-refractivity contribution in [2.75, 3.05) is 37.0 Å². The first-order valence-corrected chi connectivity index (χ1v) is 12.7. The Hall–Kier alpha value is -3.41. The maximum Gasteiger partial charge on any atom is 0.149 e. The van der Waals surface area contributed by atoms with E-state index in [0.717, 1.165) is 74.6 Å². The van der Waals surface area contributed by atoms with E-state index in [1.54, 1.807) is 13.2 Å². The fourth-order valence-electron chi connectivity index (χ4n) is 5.36. The molecule has 3 atom stereocenters. The first kappa shape index (κ1) is 24.3. The maximum absolute atomic E-state index is 14.5. The summed E-state index contributed by atoms with van der Waals surface area (Å²) in [6, 6.07) is 17.1. The lowest BCUT2D eigenvalue weighted by Gasteiger charge is -2.26. The number of hydrogen-bond donors (Lipinski definition) is 2. The lowest BCUT2D eigenvalue weighted by molar-refractivity contribution is 0.121. The number of anilines is 2. The zero-order valence-electron chi connectivity index (χ0n) is 20.7. The Morgan fingerprint density at radius 2 is 1.94 bits per heavy atom. The van der Waals surface area contributed by atoms with Crippen molar-refractivity contribution >= 4 is 11.5 Å². The molecule has 2 heterocycles. The van der Waals surface area contributed by atoms with Crippen LogP contribution in [-0.4, -0.2) is 48.7 Å². The second-order valence-electron chi connectivity index (χ2n) is 9.92. The number of rotatable bonds is 7. The van der Waals surface area contributed by atoms with Gasteiger partial charge in [0.1, 0.15) is 17.7 Å². The highest BCUT2D eigenvalue weighted by Crippen LogP contribution is 2.30. The summed E-state index contributed by atoms with van der Waals surface area (Å²) in [4.78, 5) is 2.32. The van der Waals surface area contributed by atoms with Crippen molar-refractivity contribution in [3.05, 3.63) is 59.9 Å². The average Bonchev–Trinajstić information content (AvgIpc) is 3.55. The Morgan fingerprint density at radius 3 is 2.64 bits per heavy atom. The highest BCUT2D eigenvalue weighted by atomic mass is 19.1. The van der Waals surface area contributed by atoms with Gasteiger partial charge in [0, 0.05) is 50.1 Å². The van der Waals surface area contributed by atoms with Crippen LogP contribution in [0.1, 0.15) is 37.7 Å². The molecule has 2 fully saturated rings. The molecule has 8 heteroatoms. The number of hydrogen-bond acceptors (Lipinski definition) is 6. The van der Waals surface area contributed by atoms with Gasteiger partial charge in [-0.05, 0) is 68.0 Å². The van der Waals surface area contributed by atoms with Crippen LogP contribution in [-0.2, 0) is 4.74 Å². The van der Waals surface area contributed by atoms with Crippen LogP contribution in [0.3, 0.4) is 0 Å². The van der Waals surface area contributed by atoms with Gasteiger partial charge in [-0.1, -0.05) is 12.5 Å². The second kappa shape index (κ2) is 10.7. The molecule has 0 unspecified atom stereocenters. The van der Waals surface area contributed by atoms with Gasteiger partial charge in [0.2, 0.25) is 0 Å². The third kappa shape index (κ3) is 5.23. The van der Waals surface area contributed by atoms with Gasteiger partial charge < -0.3 is 20.7 Å². The van der Waals surface area contributed by atoms with Gasteiger partial charge >= 0.3 is 0 Å². The van der Waals surface area contributed by atoms with E-state index in [-0.39, 0.29) is 17.7 Å². The van der Waals surface area contributed by atoms with Crippen molar-refractivity contribution in [2.45, 2.75) is 44.2 Å². The molecule has 0 radical (unpaired) electrons. The molecule has 1 aromatic heterocycles. The standard InChI is InChI=1S/C28H33FN6O/c1-36-25-11-12-34(18-25)23-7-9-24(10-8-23)35-27(20-5-6-21(16-30)26(29)14-20)15-28(33-35)32-17-19-3-2-4-22(31)13-19/h5-10,14-15,19,22,25H,2-4,11-13,17-18,31H2,1H3,(H,32,33)/t19-,22-,25-/m0/s1. The van der Waals surface area contributed by atoms with Crippen molar-refractivity contribution in [1.82, 2.24) is 9.78 Å². The predicted octanol–water partition coefficient (Wildman–Crippen LogP) is 4.70. The molecule has 3 aromatic rings. The molecule has 0 amide bonds. The normalized spacial score (nSPS) is 21.9. The first-order chi connectivity index (χ1) is 17.5. The number of ether oxygens (including phenoxy) is 1. The van der Waals surface area contributed by atoms with Crippen LogP contribution in [0.2, 0.25) is 0 Å². The van der Waals surface area contributed by atoms with E-state index in [2.05, 4.69) is 22.3 Å². The smallest absolute Gasteiger partial charge is 0.149 e. The molecular formula is C28H33FN6O. The lowest BCUT2D eigenvalue weighted by atomic mass is 9.86. The van der Waals surface area contributed by atoms with E-state index in [1.807, 2.05) is 29.0 Å². The quantitative estimate of drug-likeness (QED) is 0.501. The molecule has 7 nitrogen and oxygen atoms in total. The van der Waals surface area contributed by atoms with Crippen LogP contribution in [0.4, 0.5) is 15.9 Å². The van der Waals surface area contributed by atoms with E-state index in [1.165, 1.54) is 12.1 Å². The van der Waals surface area contributed by atoms with Crippen LogP contribution >= 0.6 is 0 Å². The number of nitrogens with zero attached hydrogens (tertiary/aromatic N) is 4. The number of nitrogens with two attached hydrogens (primary N) is 1. The van der Waals surface area contributed by atoms with E-state index in [9.17, 15) is 4.39 Å². The predicted molar refractivity (Wildman–Crippen MR) is 140 cm³/mol. The third-order valence-electron chi connectivity index (χ3n) is 7.43. The Labute approximate surface area is 211 Å². The molecule has 0 bridgehead atoms. The Kier molecular flexibility index (Phi) is 7.21. The van der Waals surface area contributed by atoms with Gasteiger partial charge in [-0.3, -0.25) is 0 Å². The van der Waals surface area contributed by atoms with Crippen molar-refractivity contribution in [3.63, 3.8) is 0 Å². The summed E-state index contributed by atoms with van der Waals surface area (Å²) in [6.45, 7) is 2.65. The van der Waals surface area contributed by atoms with Crippen LogP contribution in [0, 0.1) is 23.1 Å². The first-order valence-electron chi connectivity index (χ1n) is 12.7. The van der Waals surface area contributed by atoms with E-state index in [4.69, 9.17) is 20.8 Å². The minimum Gasteiger partial charge on any atom is -0.380 e. The number of halogens is 1. The Morgan fingerprint density at radius 1 is 1.14 bits per heavy atom. The molecule has 1 aliphatic heterocycles. The van der Waals surface area contributed by atoms with Crippen LogP contribution in [0.5, 0.6) is 0 Å². The molecule has 5 rings (SSSR count). The van der Waals surface area contributed by atoms with E-state index >= 15 is 0 Å².